The number of anilines is 1. The van der Waals surface area contributed by atoms with Crippen molar-refractivity contribution in [3.05, 3.63) is 36.3 Å². The van der Waals surface area contributed by atoms with Crippen molar-refractivity contribution in [1.82, 2.24) is 19.9 Å². The van der Waals surface area contributed by atoms with E-state index in [4.69, 9.17) is 14.7 Å². The Morgan fingerprint density at radius 2 is 1.97 bits per heavy atom. The van der Waals surface area contributed by atoms with Crippen molar-refractivity contribution < 1.29 is 9.53 Å². The molecule has 1 atom stereocenters. The van der Waals surface area contributed by atoms with Gasteiger partial charge in [-0.2, -0.15) is 0 Å². The summed E-state index contributed by atoms with van der Waals surface area (Å²) >= 11 is 0. The Morgan fingerprint density at radius 1 is 1.16 bits per heavy atom. The maximum absolute atomic E-state index is 13.2. The Hall–Kier alpha value is -2.54. The first-order valence-corrected chi connectivity index (χ1v) is 11.3. The quantitative estimate of drug-likeness (QED) is 0.733. The molecule has 1 aliphatic heterocycles. The molecule has 1 aliphatic carbocycles. The molecule has 0 radical (unpaired) electrons. The lowest BCUT2D eigenvalue weighted by Crippen LogP contribution is -2.43. The molecule has 2 aliphatic rings. The first-order chi connectivity index (χ1) is 15.0. The molecular weight excluding hydrogens is 390 g/mol. The number of ether oxygens (including phenoxy) is 1. The number of rotatable bonds is 5. The molecule has 1 unspecified atom stereocenters. The topological polar surface area (TPSA) is 71.5 Å². The Bertz CT molecular complexity index is 881. The van der Waals surface area contributed by atoms with Crippen LogP contribution in [-0.2, 0) is 9.53 Å². The summed E-state index contributed by atoms with van der Waals surface area (Å²) in [6, 6.07) is 5.96. The molecule has 2 aromatic rings. The Balaban J connectivity index is 1.52. The largest absolute Gasteiger partial charge is 0.381 e. The number of pyridine rings is 1. The van der Waals surface area contributed by atoms with Crippen LogP contribution in [0.5, 0.6) is 0 Å². The van der Waals surface area contributed by atoms with E-state index in [1.165, 1.54) is 0 Å². The lowest BCUT2D eigenvalue weighted by Gasteiger charge is -2.36. The molecule has 1 amide bonds. The summed E-state index contributed by atoms with van der Waals surface area (Å²) in [7, 11) is 5.75. The van der Waals surface area contributed by atoms with Gasteiger partial charge in [0.1, 0.15) is 5.82 Å². The van der Waals surface area contributed by atoms with E-state index in [0.717, 1.165) is 68.7 Å². The molecule has 1 saturated carbocycles. The fourth-order valence-corrected chi connectivity index (χ4v) is 4.74. The number of hydrogen-bond acceptors (Lipinski definition) is 6. The van der Waals surface area contributed by atoms with Crippen LogP contribution in [0.3, 0.4) is 0 Å². The molecule has 0 aromatic carbocycles. The minimum Gasteiger partial charge on any atom is -0.381 e. The van der Waals surface area contributed by atoms with Crippen molar-refractivity contribution in [3.8, 4) is 11.4 Å². The Morgan fingerprint density at radius 3 is 2.65 bits per heavy atom. The van der Waals surface area contributed by atoms with E-state index in [0.29, 0.717) is 17.8 Å². The van der Waals surface area contributed by atoms with E-state index in [2.05, 4.69) is 16.0 Å². The van der Waals surface area contributed by atoms with Crippen LogP contribution in [0.25, 0.3) is 11.4 Å². The number of carbonyl (C=O) groups is 1. The van der Waals surface area contributed by atoms with Gasteiger partial charge in [-0.05, 0) is 50.7 Å². The third kappa shape index (κ3) is 5.03. The monoisotopic (exact) mass is 423 g/mol. The second-order valence-electron chi connectivity index (χ2n) is 8.94. The molecule has 3 heterocycles. The van der Waals surface area contributed by atoms with E-state index in [-0.39, 0.29) is 11.8 Å². The second kappa shape index (κ2) is 9.73. The summed E-state index contributed by atoms with van der Waals surface area (Å²) < 4.78 is 5.47. The van der Waals surface area contributed by atoms with Gasteiger partial charge in [-0.3, -0.25) is 9.78 Å². The van der Waals surface area contributed by atoms with Gasteiger partial charge in [0.25, 0.3) is 0 Å². The fraction of sp³-hybridized carbons (Fsp3) is 0.583. The number of carbonyl (C=O) groups excluding carboxylic acids is 1. The van der Waals surface area contributed by atoms with Gasteiger partial charge in [0.2, 0.25) is 5.91 Å². The van der Waals surface area contributed by atoms with E-state index >= 15 is 0 Å². The third-order valence-electron chi connectivity index (χ3n) is 6.62. The summed E-state index contributed by atoms with van der Waals surface area (Å²) in [5.74, 6) is 2.25. The molecule has 0 bridgehead atoms. The number of aromatic nitrogens is 3. The molecule has 2 aromatic heterocycles. The van der Waals surface area contributed by atoms with Crippen LogP contribution < -0.4 is 4.90 Å². The molecular formula is C24H33N5O2. The van der Waals surface area contributed by atoms with Crippen molar-refractivity contribution in [2.45, 2.75) is 50.5 Å². The van der Waals surface area contributed by atoms with Crippen molar-refractivity contribution in [1.29, 1.82) is 0 Å². The summed E-state index contributed by atoms with van der Waals surface area (Å²) in [6.07, 6.45) is 9.74. The van der Waals surface area contributed by atoms with Gasteiger partial charge in [-0.15, -0.1) is 0 Å². The van der Waals surface area contributed by atoms with Gasteiger partial charge in [0.15, 0.2) is 5.82 Å². The number of piperidine rings is 1. The van der Waals surface area contributed by atoms with E-state index < -0.39 is 0 Å². The lowest BCUT2D eigenvalue weighted by atomic mass is 9.85. The maximum Gasteiger partial charge on any atom is 0.225 e. The van der Waals surface area contributed by atoms with E-state index in [1.807, 2.05) is 31.1 Å². The average Bonchev–Trinajstić information content (AvgIpc) is 2.84. The first-order valence-electron chi connectivity index (χ1n) is 11.3. The van der Waals surface area contributed by atoms with Crippen molar-refractivity contribution in [3.63, 3.8) is 0 Å². The fourth-order valence-electron chi connectivity index (χ4n) is 4.74. The molecule has 31 heavy (non-hydrogen) atoms. The number of amides is 1. The highest BCUT2D eigenvalue weighted by Gasteiger charge is 2.33. The highest BCUT2D eigenvalue weighted by Crippen LogP contribution is 2.32. The second-order valence-corrected chi connectivity index (χ2v) is 8.94. The normalized spacial score (nSPS) is 24.1. The van der Waals surface area contributed by atoms with Crippen LogP contribution in [0.2, 0.25) is 0 Å². The molecule has 0 spiro atoms. The van der Waals surface area contributed by atoms with Gasteiger partial charge >= 0.3 is 0 Å². The molecule has 7 heteroatoms. The zero-order valence-corrected chi connectivity index (χ0v) is 18.8. The third-order valence-corrected chi connectivity index (χ3v) is 6.62. The summed E-state index contributed by atoms with van der Waals surface area (Å²) in [5, 5.41) is 0. The van der Waals surface area contributed by atoms with Gasteiger partial charge < -0.3 is 14.5 Å². The van der Waals surface area contributed by atoms with Crippen LogP contribution in [-0.4, -0.2) is 66.2 Å². The van der Waals surface area contributed by atoms with Gasteiger partial charge in [-0.25, -0.2) is 9.97 Å². The van der Waals surface area contributed by atoms with Crippen molar-refractivity contribution in [2.24, 2.45) is 5.92 Å². The molecule has 4 rings (SSSR count). The van der Waals surface area contributed by atoms with Crippen LogP contribution in [0.15, 0.2) is 30.6 Å². The smallest absolute Gasteiger partial charge is 0.225 e. The predicted octanol–water partition coefficient (Wildman–Crippen LogP) is 3.52. The summed E-state index contributed by atoms with van der Waals surface area (Å²) in [5.41, 5.74) is 1.92. The zero-order chi connectivity index (χ0) is 21.8. The lowest BCUT2D eigenvalue weighted by molar-refractivity contribution is -0.138. The van der Waals surface area contributed by atoms with Crippen LogP contribution >= 0.6 is 0 Å². The van der Waals surface area contributed by atoms with Crippen LogP contribution in [0, 0.1) is 5.92 Å². The Labute approximate surface area is 184 Å². The molecule has 7 nitrogen and oxygen atoms in total. The maximum atomic E-state index is 13.2. The highest BCUT2D eigenvalue weighted by molar-refractivity contribution is 5.79. The molecule has 166 valence electrons. The van der Waals surface area contributed by atoms with Gasteiger partial charge in [-0.1, -0.05) is 0 Å². The zero-order valence-electron chi connectivity index (χ0n) is 18.8. The number of hydrogen-bond donors (Lipinski definition) is 0. The Kier molecular flexibility index (Phi) is 6.80. The number of methoxy groups -OCH3 is 1. The summed E-state index contributed by atoms with van der Waals surface area (Å²) in [4.78, 5) is 31.2. The average molecular weight is 424 g/mol. The van der Waals surface area contributed by atoms with E-state index in [9.17, 15) is 4.79 Å². The molecule has 2 fully saturated rings. The predicted molar refractivity (Wildman–Crippen MR) is 121 cm³/mol. The van der Waals surface area contributed by atoms with Crippen molar-refractivity contribution >= 4 is 11.7 Å². The molecule has 0 N–H and O–H groups in total. The van der Waals surface area contributed by atoms with Gasteiger partial charge in [0.05, 0.1) is 11.8 Å². The van der Waals surface area contributed by atoms with E-state index in [1.54, 1.807) is 19.5 Å². The summed E-state index contributed by atoms with van der Waals surface area (Å²) in [6.45, 7) is 1.58. The minimum atomic E-state index is 0.138. The SMILES string of the molecule is COC1CCC(C(=O)N2CCCC(c3cc(N(C)C)nc(-c4cccnc4)n3)C2)CC1. The minimum absolute atomic E-state index is 0.138. The van der Waals surface area contributed by atoms with Crippen molar-refractivity contribution in [2.75, 3.05) is 39.2 Å². The van der Waals surface area contributed by atoms with Crippen LogP contribution in [0.4, 0.5) is 5.82 Å². The van der Waals surface area contributed by atoms with Crippen LogP contribution in [0.1, 0.15) is 50.1 Å². The first kappa shape index (κ1) is 21.7. The highest BCUT2D eigenvalue weighted by atomic mass is 16.5. The molecule has 1 saturated heterocycles. The standard InChI is InChI=1S/C24H33N5O2/c1-28(2)22-14-21(26-23(27-22)18-6-4-12-25-15-18)19-7-5-13-29(16-19)24(30)17-8-10-20(31-3)11-9-17/h4,6,12,14-15,17,19-20H,5,7-11,13,16H2,1-3H3. The van der Waals surface area contributed by atoms with Gasteiger partial charge in [0, 0.05) is 70.2 Å². The number of likely N-dealkylation sites (tertiary alicyclic amines) is 1. The number of nitrogens with zero attached hydrogens (tertiary/aromatic N) is 5.